The van der Waals surface area contributed by atoms with E-state index in [2.05, 4.69) is 34.5 Å². The molecule has 1 amide bonds. The Labute approximate surface area is 185 Å². The molecule has 0 radical (unpaired) electrons. The minimum atomic E-state index is -0.156. The van der Waals surface area contributed by atoms with E-state index in [1.54, 1.807) is 0 Å². The van der Waals surface area contributed by atoms with Crippen LogP contribution < -0.4 is 0 Å². The van der Waals surface area contributed by atoms with Crippen LogP contribution in [0.1, 0.15) is 47.1 Å². The molecule has 3 aromatic rings. The van der Waals surface area contributed by atoms with E-state index in [4.69, 9.17) is 4.42 Å². The summed E-state index contributed by atoms with van der Waals surface area (Å²) in [5, 5.41) is 10.6. The van der Waals surface area contributed by atoms with Crippen LogP contribution in [0.2, 0.25) is 0 Å². The van der Waals surface area contributed by atoms with Crippen molar-refractivity contribution in [3.63, 3.8) is 0 Å². The van der Waals surface area contributed by atoms with Crippen molar-refractivity contribution in [2.24, 2.45) is 5.92 Å². The van der Waals surface area contributed by atoms with E-state index < -0.39 is 0 Å². The summed E-state index contributed by atoms with van der Waals surface area (Å²) in [4.78, 5) is 28.0. The van der Waals surface area contributed by atoms with Crippen molar-refractivity contribution in [2.45, 2.75) is 44.3 Å². The van der Waals surface area contributed by atoms with Gasteiger partial charge in [-0.1, -0.05) is 49.0 Å². The zero-order valence-electron chi connectivity index (χ0n) is 17.6. The average molecular weight is 436 g/mol. The molecule has 2 aromatic carbocycles. The van der Waals surface area contributed by atoms with Crippen LogP contribution in [0.15, 0.2) is 40.0 Å². The monoisotopic (exact) mass is 435 g/mol. The van der Waals surface area contributed by atoms with Crippen LogP contribution in [0.4, 0.5) is 0 Å². The van der Waals surface area contributed by atoms with Gasteiger partial charge >= 0.3 is 0 Å². The molecule has 7 heteroatoms. The van der Waals surface area contributed by atoms with Gasteiger partial charge < -0.3 is 9.32 Å². The Morgan fingerprint density at radius 2 is 2.00 bits per heavy atom. The first kappa shape index (κ1) is 20.2. The molecule has 2 heterocycles. The molecule has 1 atom stereocenters. The fourth-order valence-corrected chi connectivity index (χ4v) is 5.44. The maximum absolute atomic E-state index is 13.5. The van der Waals surface area contributed by atoms with Crippen LogP contribution in [0.5, 0.6) is 0 Å². The molecule has 160 valence electrons. The number of hydrogen-bond donors (Lipinski definition) is 0. The summed E-state index contributed by atoms with van der Waals surface area (Å²) in [7, 11) is 0. The Balaban J connectivity index is 1.29. The number of piperidine rings is 1. The fourth-order valence-electron chi connectivity index (χ4n) is 4.75. The Morgan fingerprint density at radius 3 is 2.81 bits per heavy atom. The lowest BCUT2D eigenvalue weighted by atomic mass is 9.87. The lowest BCUT2D eigenvalue weighted by Gasteiger charge is -2.32. The highest BCUT2D eigenvalue weighted by molar-refractivity contribution is 7.99. The molecular formula is C24H25N3O3S. The van der Waals surface area contributed by atoms with Gasteiger partial charge in [0.1, 0.15) is 0 Å². The van der Waals surface area contributed by atoms with Gasteiger partial charge in [0.15, 0.2) is 5.78 Å². The van der Waals surface area contributed by atoms with E-state index in [-0.39, 0.29) is 23.4 Å². The molecule has 2 aliphatic rings. The number of aryl methyl sites for hydroxylation is 3. The fraction of sp³-hybridized carbons (Fsp3) is 0.417. The van der Waals surface area contributed by atoms with Gasteiger partial charge in [0.05, 0.1) is 5.75 Å². The summed E-state index contributed by atoms with van der Waals surface area (Å²) < 4.78 is 5.47. The van der Waals surface area contributed by atoms with E-state index in [1.165, 1.54) is 28.3 Å². The number of benzene rings is 2. The van der Waals surface area contributed by atoms with Crippen molar-refractivity contribution in [2.75, 3.05) is 18.8 Å². The number of amides is 1. The highest BCUT2D eigenvalue weighted by Crippen LogP contribution is 2.34. The molecule has 5 rings (SSSR count). The highest BCUT2D eigenvalue weighted by Gasteiger charge is 2.30. The van der Waals surface area contributed by atoms with Crippen molar-refractivity contribution in [3.05, 3.63) is 52.9 Å². The van der Waals surface area contributed by atoms with Gasteiger partial charge in [0.25, 0.3) is 5.22 Å². The van der Waals surface area contributed by atoms with Gasteiger partial charge in [0.2, 0.25) is 11.8 Å². The van der Waals surface area contributed by atoms with E-state index in [9.17, 15) is 9.59 Å². The van der Waals surface area contributed by atoms with Crippen LogP contribution in [-0.2, 0) is 24.1 Å². The second kappa shape index (κ2) is 8.46. The predicted octanol–water partition coefficient (Wildman–Crippen LogP) is 4.10. The number of Topliss-reactive ketones (excluding diaryl/α,β-unsaturated/α-hetero) is 1. The van der Waals surface area contributed by atoms with Crippen LogP contribution in [-0.4, -0.2) is 45.6 Å². The molecule has 0 N–H and O–H groups in total. The average Bonchev–Trinajstić information content (AvgIpc) is 3.45. The number of nitrogens with zero attached hydrogens (tertiary/aromatic N) is 3. The first-order valence-corrected chi connectivity index (χ1v) is 11.9. The lowest BCUT2D eigenvalue weighted by Crippen LogP contribution is -2.43. The van der Waals surface area contributed by atoms with Crippen molar-refractivity contribution >= 4 is 34.2 Å². The molecule has 0 bridgehead atoms. The third-order valence-electron chi connectivity index (χ3n) is 6.36. The number of likely N-dealkylation sites (tertiary alicyclic amines) is 1. The number of hydrogen-bond acceptors (Lipinski definition) is 6. The van der Waals surface area contributed by atoms with E-state index in [1.807, 2.05) is 17.9 Å². The minimum absolute atomic E-state index is 0.0131. The topological polar surface area (TPSA) is 76.3 Å². The van der Waals surface area contributed by atoms with Crippen LogP contribution >= 0.6 is 11.8 Å². The summed E-state index contributed by atoms with van der Waals surface area (Å²) in [6, 6.07) is 10.4. The number of rotatable bonds is 6. The van der Waals surface area contributed by atoms with E-state index in [0.717, 1.165) is 36.6 Å². The lowest BCUT2D eigenvalue weighted by molar-refractivity contribution is -0.129. The van der Waals surface area contributed by atoms with Gasteiger partial charge in [0, 0.05) is 31.0 Å². The van der Waals surface area contributed by atoms with Gasteiger partial charge in [-0.25, -0.2) is 0 Å². The Kier molecular flexibility index (Phi) is 5.52. The third-order valence-corrected chi connectivity index (χ3v) is 7.16. The van der Waals surface area contributed by atoms with E-state index in [0.29, 0.717) is 30.6 Å². The first-order valence-electron chi connectivity index (χ1n) is 10.9. The molecule has 1 aliphatic carbocycles. The SMILES string of the molecule is CCc1nnc(SCC(=O)N2CCC[C@@H](C(=O)c3ccc4c5c(cccc35)CC4)C2)o1. The van der Waals surface area contributed by atoms with E-state index >= 15 is 0 Å². The van der Waals surface area contributed by atoms with Gasteiger partial charge in [-0.15, -0.1) is 10.2 Å². The maximum Gasteiger partial charge on any atom is 0.277 e. The quantitative estimate of drug-likeness (QED) is 0.429. The maximum atomic E-state index is 13.5. The third kappa shape index (κ3) is 3.87. The summed E-state index contributed by atoms with van der Waals surface area (Å²) in [6.45, 7) is 3.11. The number of carbonyl (C=O) groups excluding carboxylic acids is 2. The zero-order valence-corrected chi connectivity index (χ0v) is 18.4. The second-order valence-electron chi connectivity index (χ2n) is 8.26. The smallest absolute Gasteiger partial charge is 0.277 e. The Bertz CT molecular complexity index is 1150. The molecule has 0 saturated carbocycles. The van der Waals surface area contributed by atoms with Crippen LogP contribution in [0, 0.1) is 5.92 Å². The van der Waals surface area contributed by atoms with Crippen LogP contribution in [0.25, 0.3) is 10.8 Å². The van der Waals surface area contributed by atoms with Crippen LogP contribution in [0.3, 0.4) is 0 Å². The summed E-state index contributed by atoms with van der Waals surface area (Å²) in [5.74, 6) is 0.831. The van der Waals surface area contributed by atoms with Crippen molar-refractivity contribution in [3.8, 4) is 0 Å². The van der Waals surface area contributed by atoms with Gasteiger partial charge in [-0.05, 0) is 47.6 Å². The number of ketones is 1. The molecule has 1 aliphatic heterocycles. The molecule has 31 heavy (non-hydrogen) atoms. The molecule has 1 saturated heterocycles. The summed E-state index contributed by atoms with van der Waals surface area (Å²) in [6.07, 6.45) is 4.44. The molecule has 0 spiro atoms. The first-order chi connectivity index (χ1) is 15.1. The second-order valence-corrected chi connectivity index (χ2v) is 9.19. The van der Waals surface area contributed by atoms with Gasteiger partial charge in [-0.3, -0.25) is 9.59 Å². The standard InChI is InChI=1S/C24H25N3O3S/c1-2-20-25-26-24(30-20)31-14-21(28)27-12-4-6-17(13-27)23(29)19-11-10-16-9-8-15-5-3-7-18(19)22(15)16/h3,5,7,10-11,17H,2,4,6,8-9,12-14H2,1H3/t17-/m1/s1. The number of aromatic nitrogens is 2. The number of thioether (sulfide) groups is 1. The molecule has 1 aromatic heterocycles. The molecular weight excluding hydrogens is 410 g/mol. The molecule has 1 fully saturated rings. The minimum Gasteiger partial charge on any atom is -0.416 e. The largest absolute Gasteiger partial charge is 0.416 e. The Hall–Kier alpha value is -2.67. The summed E-state index contributed by atoms with van der Waals surface area (Å²) in [5.41, 5.74) is 3.48. The summed E-state index contributed by atoms with van der Waals surface area (Å²) >= 11 is 1.26. The van der Waals surface area contributed by atoms with Gasteiger partial charge in [-0.2, -0.15) is 0 Å². The van der Waals surface area contributed by atoms with Crippen molar-refractivity contribution < 1.29 is 14.0 Å². The molecule has 0 unspecified atom stereocenters. The van der Waals surface area contributed by atoms with Crippen molar-refractivity contribution in [1.29, 1.82) is 0 Å². The Morgan fingerprint density at radius 1 is 1.16 bits per heavy atom. The zero-order chi connectivity index (χ0) is 21.4. The molecule has 6 nitrogen and oxygen atoms in total. The normalized spacial score (nSPS) is 18.0. The predicted molar refractivity (Wildman–Crippen MR) is 119 cm³/mol. The highest BCUT2D eigenvalue weighted by atomic mass is 32.2. The number of carbonyl (C=O) groups is 2. The van der Waals surface area contributed by atoms with Crippen molar-refractivity contribution in [1.82, 2.24) is 15.1 Å².